The van der Waals surface area contributed by atoms with Crippen LogP contribution in [0.2, 0.25) is 0 Å². The van der Waals surface area contributed by atoms with Gasteiger partial charge in [0, 0.05) is 19.0 Å². The maximum absolute atomic E-state index is 11.2. The highest BCUT2D eigenvalue weighted by molar-refractivity contribution is 5.75. The minimum absolute atomic E-state index is 0.0391. The third-order valence-electron chi connectivity index (χ3n) is 2.55. The molecular formula is C10H18N2O3. The monoisotopic (exact) mass is 214 g/mol. The number of carboxylic acids is 1. The van der Waals surface area contributed by atoms with Crippen LogP contribution < -0.4 is 5.32 Å². The zero-order valence-corrected chi connectivity index (χ0v) is 9.03. The summed E-state index contributed by atoms with van der Waals surface area (Å²) < 4.78 is 0. The lowest BCUT2D eigenvalue weighted by Crippen LogP contribution is -2.48. The summed E-state index contributed by atoms with van der Waals surface area (Å²) in [5.74, 6) is -0.769. The lowest BCUT2D eigenvalue weighted by Gasteiger charge is -2.31. The van der Waals surface area contributed by atoms with E-state index in [1.54, 1.807) is 0 Å². The average molecular weight is 214 g/mol. The van der Waals surface area contributed by atoms with E-state index >= 15 is 0 Å². The molecule has 1 atom stereocenters. The molecule has 0 aromatic rings. The highest BCUT2D eigenvalue weighted by atomic mass is 16.4. The van der Waals surface area contributed by atoms with Gasteiger partial charge in [-0.05, 0) is 19.4 Å². The smallest absolute Gasteiger partial charge is 0.317 e. The van der Waals surface area contributed by atoms with Crippen LogP contribution in [0.1, 0.15) is 26.2 Å². The van der Waals surface area contributed by atoms with Gasteiger partial charge in [-0.1, -0.05) is 6.92 Å². The Morgan fingerprint density at radius 1 is 1.53 bits per heavy atom. The van der Waals surface area contributed by atoms with Crippen LogP contribution >= 0.6 is 0 Å². The lowest BCUT2D eigenvalue weighted by atomic mass is 10.1. The molecule has 0 aliphatic carbocycles. The van der Waals surface area contributed by atoms with Crippen molar-refractivity contribution in [1.82, 2.24) is 10.2 Å². The van der Waals surface area contributed by atoms with Crippen LogP contribution in [0.15, 0.2) is 0 Å². The summed E-state index contributed by atoms with van der Waals surface area (Å²) in [4.78, 5) is 23.6. The number of carbonyl (C=O) groups excluding carboxylic acids is 1. The van der Waals surface area contributed by atoms with Gasteiger partial charge in [0.15, 0.2) is 0 Å². The number of carbonyl (C=O) groups is 2. The molecule has 0 radical (unpaired) electrons. The van der Waals surface area contributed by atoms with Crippen LogP contribution in [0.25, 0.3) is 0 Å². The van der Waals surface area contributed by atoms with Crippen LogP contribution in [-0.4, -0.2) is 47.6 Å². The molecule has 15 heavy (non-hydrogen) atoms. The fraction of sp³-hybridized carbons (Fsp3) is 0.800. The Balaban J connectivity index is 2.35. The van der Waals surface area contributed by atoms with E-state index in [0.717, 1.165) is 19.4 Å². The summed E-state index contributed by atoms with van der Waals surface area (Å²) in [7, 11) is 0. The topological polar surface area (TPSA) is 69.6 Å². The van der Waals surface area contributed by atoms with Gasteiger partial charge in [-0.2, -0.15) is 0 Å². The van der Waals surface area contributed by atoms with Crippen molar-refractivity contribution >= 4 is 11.9 Å². The molecule has 1 heterocycles. The van der Waals surface area contributed by atoms with Crippen molar-refractivity contribution in [2.45, 2.75) is 32.2 Å². The second-order valence-electron chi connectivity index (χ2n) is 3.89. The van der Waals surface area contributed by atoms with Gasteiger partial charge in [-0.15, -0.1) is 0 Å². The summed E-state index contributed by atoms with van der Waals surface area (Å²) in [6.07, 6.45) is 2.37. The van der Waals surface area contributed by atoms with Gasteiger partial charge in [0.1, 0.15) is 0 Å². The van der Waals surface area contributed by atoms with Gasteiger partial charge in [-0.25, -0.2) is 0 Å². The Kier molecular flexibility index (Phi) is 4.55. The molecule has 1 unspecified atom stereocenters. The first kappa shape index (κ1) is 12.0. The van der Waals surface area contributed by atoms with Crippen molar-refractivity contribution < 1.29 is 14.7 Å². The maximum Gasteiger partial charge on any atom is 0.317 e. The molecule has 2 N–H and O–H groups in total. The number of hydrogen-bond donors (Lipinski definition) is 2. The molecule has 86 valence electrons. The number of carboxylic acid groups (broad SMARTS) is 1. The number of aliphatic carboxylic acids is 1. The molecule has 0 aromatic heterocycles. The minimum Gasteiger partial charge on any atom is -0.480 e. The summed E-state index contributed by atoms with van der Waals surface area (Å²) in [5.41, 5.74) is 0. The molecular weight excluding hydrogens is 196 g/mol. The molecule has 1 aliphatic rings. The molecule has 5 heteroatoms. The second-order valence-corrected chi connectivity index (χ2v) is 3.89. The van der Waals surface area contributed by atoms with Crippen molar-refractivity contribution in [3.63, 3.8) is 0 Å². The van der Waals surface area contributed by atoms with E-state index in [0.29, 0.717) is 13.0 Å². The van der Waals surface area contributed by atoms with E-state index in [1.807, 2.05) is 11.8 Å². The van der Waals surface area contributed by atoms with E-state index in [4.69, 9.17) is 5.11 Å². The van der Waals surface area contributed by atoms with Crippen molar-refractivity contribution in [3.8, 4) is 0 Å². The summed E-state index contributed by atoms with van der Waals surface area (Å²) in [6.45, 7) is 3.34. The standard InChI is InChI=1S/C10H18N2O3/c1-2-9(13)11-8-4-3-5-12(6-8)7-10(14)15/h8H,2-7H2,1H3,(H,11,13)(H,14,15). The van der Waals surface area contributed by atoms with Gasteiger partial charge < -0.3 is 10.4 Å². The average Bonchev–Trinajstić information content (AvgIpc) is 2.17. The molecule has 1 aliphatic heterocycles. The number of likely N-dealkylation sites (tertiary alicyclic amines) is 1. The number of amides is 1. The molecule has 0 saturated carbocycles. The van der Waals surface area contributed by atoms with E-state index in [-0.39, 0.29) is 18.5 Å². The number of piperidine rings is 1. The van der Waals surface area contributed by atoms with Gasteiger partial charge in [0.2, 0.25) is 5.91 Å². The van der Waals surface area contributed by atoms with Gasteiger partial charge >= 0.3 is 5.97 Å². The van der Waals surface area contributed by atoms with E-state index in [1.165, 1.54) is 0 Å². The minimum atomic E-state index is -0.808. The fourth-order valence-corrected chi connectivity index (χ4v) is 1.84. The van der Waals surface area contributed by atoms with Crippen LogP contribution in [-0.2, 0) is 9.59 Å². The van der Waals surface area contributed by atoms with Gasteiger partial charge in [0.05, 0.1) is 6.54 Å². The SMILES string of the molecule is CCC(=O)NC1CCCN(CC(=O)O)C1. The lowest BCUT2D eigenvalue weighted by molar-refractivity contribution is -0.138. The maximum atomic E-state index is 11.2. The predicted octanol–water partition coefficient (Wildman–Crippen LogP) is 0.0616. The Labute approximate surface area is 89.4 Å². The van der Waals surface area contributed by atoms with Crippen molar-refractivity contribution in [2.75, 3.05) is 19.6 Å². The quantitative estimate of drug-likeness (QED) is 0.694. The van der Waals surface area contributed by atoms with Crippen LogP contribution in [0, 0.1) is 0 Å². The van der Waals surface area contributed by atoms with Crippen molar-refractivity contribution in [2.24, 2.45) is 0 Å². The number of hydrogen-bond acceptors (Lipinski definition) is 3. The Bertz CT molecular complexity index is 243. The van der Waals surface area contributed by atoms with Crippen molar-refractivity contribution in [1.29, 1.82) is 0 Å². The van der Waals surface area contributed by atoms with E-state index in [9.17, 15) is 9.59 Å². The highest BCUT2D eigenvalue weighted by Gasteiger charge is 2.21. The van der Waals surface area contributed by atoms with Crippen LogP contribution in [0.5, 0.6) is 0 Å². The van der Waals surface area contributed by atoms with Crippen LogP contribution in [0.3, 0.4) is 0 Å². The van der Waals surface area contributed by atoms with Gasteiger partial charge in [-0.3, -0.25) is 14.5 Å². The Morgan fingerprint density at radius 3 is 2.87 bits per heavy atom. The fourth-order valence-electron chi connectivity index (χ4n) is 1.84. The first-order valence-electron chi connectivity index (χ1n) is 5.35. The van der Waals surface area contributed by atoms with Crippen molar-refractivity contribution in [3.05, 3.63) is 0 Å². The summed E-state index contributed by atoms with van der Waals surface area (Å²) in [5, 5.41) is 11.5. The second kappa shape index (κ2) is 5.70. The molecule has 1 fully saturated rings. The van der Waals surface area contributed by atoms with E-state index in [2.05, 4.69) is 5.32 Å². The summed E-state index contributed by atoms with van der Waals surface area (Å²) >= 11 is 0. The first-order chi connectivity index (χ1) is 7.11. The molecule has 1 saturated heterocycles. The predicted molar refractivity (Wildman–Crippen MR) is 55.5 cm³/mol. The van der Waals surface area contributed by atoms with Gasteiger partial charge in [0.25, 0.3) is 0 Å². The van der Waals surface area contributed by atoms with Crippen LogP contribution in [0.4, 0.5) is 0 Å². The normalized spacial score (nSPS) is 22.3. The molecule has 0 bridgehead atoms. The number of nitrogens with zero attached hydrogens (tertiary/aromatic N) is 1. The summed E-state index contributed by atoms with van der Waals surface area (Å²) in [6, 6.07) is 0.116. The molecule has 1 rings (SSSR count). The van der Waals surface area contributed by atoms with E-state index < -0.39 is 5.97 Å². The zero-order chi connectivity index (χ0) is 11.3. The highest BCUT2D eigenvalue weighted by Crippen LogP contribution is 2.09. The molecule has 0 spiro atoms. The number of nitrogens with one attached hydrogen (secondary N) is 1. The first-order valence-corrected chi connectivity index (χ1v) is 5.35. The molecule has 0 aromatic carbocycles. The Hall–Kier alpha value is -1.10. The molecule has 1 amide bonds. The molecule has 5 nitrogen and oxygen atoms in total. The zero-order valence-electron chi connectivity index (χ0n) is 9.03. The Morgan fingerprint density at radius 2 is 2.27 bits per heavy atom. The largest absolute Gasteiger partial charge is 0.480 e. The third-order valence-corrected chi connectivity index (χ3v) is 2.55. The number of rotatable bonds is 4. The third kappa shape index (κ3) is 4.29.